The van der Waals surface area contributed by atoms with E-state index < -0.39 is 0 Å². The summed E-state index contributed by atoms with van der Waals surface area (Å²) in [6.07, 6.45) is 3.37. The van der Waals surface area contributed by atoms with E-state index >= 15 is 0 Å². The molecule has 0 radical (unpaired) electrons. The second-order valence-electron chi connectivity index (χ2n) is 7.33. The Hall–Kier alpha value is -1.32. The van der Waals surface area contributed by atoms with Crippen LogP contribution in [-0.2, 0) is 0 Å². The summed E-state index contributed by atoms with van der Waals surface area (Å²) in [7, 11) is 0. The Balaban J connectivity index is 0.00000272. The van der Waals surface area contributed by atoms with Crippen LogP contribution in [0.5, 0.6) is 0 Å². The molecule has 0 spiro atoms. The lowest BCUT2D eigenvalue weighted by molar-refractivity contribution is 0.0743. The summed E-state index contributed by atoms with van der Waals surface area (Å²) in [6, 6.07) is 13.4. The van der Waals surface area contributed by atoms with E-state index in [0.29, 0.717) is 21.4 Å². The normalized spacial score (nSPS) is 14.2. The number of aromatic nitrogens is 2. The highest BCUT2D eigenvalue weighted by atomic mass is 127. The SMILES string of the molecule is Cc1c(C(=O)NN2CCCCC2)nn(-c2ccc(Cl)cc2Cl)c1-c1ccc(I)cc1.Cl. The molecule has 0 bridgehead atoms. The summed E-state index contributed by atoms with van der Waals surface area (Å²) in [6.45, 7) is 3.64. The second-order valence-corrected chi connectivity index (χ2v) is 9.41. The van der Waals surface area contributed by atoms with Gasteiger partial charge in [-0.3, -0.25) is 10.2 Å². The molecule has 2 heterocycles. The molecular weight excluding hydrogens is 570 g/mol. The molecule has 31 heavy (non-hydrogen) atoms. The Bertz CT molecular complexity index is 1080. The molecule has 1 amide bonds. The van der Waals surface area contributed by atoms with E-state index in [1.165, 1.54) is 6.42 Å². The minimum Gasteiger partial charge on any atom is -0.283 e. The van der Waals surface area contributed by atoms with Gasteiger partial charge in [0.2, 0.25) is 0 Å². The summed E-state index contributed by atoms with van der Waals surface area (Å²) >= 11 is 14.9. The van der Waals surface area contributed by atoms with E-state index in [2.05, 4.69) is 33.1 Å². The van der Waals surface area contributed by atoms with E-state index in [4.69, 9.17) is 23.2 Å². The number of hydrazine groups is 1. The molecule has 164 valence electrons. The van der Waals surface area contributed by atoms with Gasteiger partial charge < -0.3 is 0 Å². The van der Waals surface area contributed by atoms with Crippen LogP contribution >= 0.6 is 58.2 Å². The largest absolute Gasteiger partial charge is 0.286 e. The zero-order valence-electron chi connectivity index (χ0n) is 16.9. The van der Waals surface area contributed by atoms with Crippen LogP contribution in [0.2, 0.25) is 10.0 Å². The molecule has 1 N–H and O–H groups in total. The lowest BCUT2D eigenvalue weighted by atomic mass is 10.1. The molecule has 0 atom stereocenters. The van der Waals surface area contributed by atoms with Crippen LogP contribution in [-0.4, -0.2) is 33.8 Å². The molecule has 9 heteroatoms. The lowest BCUT2D eigenvalue weighted by Crippen LogP contribution is -2.45. The van der Waals surface area contributed by atoms with Gasteiger partial charge in [0.05, 0.1) is 16.4 Å². The smallest absolute Gasteiger partial charge is 0.283 e. The van der Waals surface area contributed by atoms with Crippen molar-refractivity contribution in [2.75, 3.05) is 13.1 Å². The van der Waals surface area contributed by atoms with Crippen molar-refractivity contribution >= 4 is 64.1 Å². The standard InChI is InChI=1S/C22H21Cl2IN4O.ClH/c1-14-20(22(30)27-28-11-3-2-4-12-28)26-29(19-10-7-16(23)13-18(19)24)21(14)15-5-8-17(25)9-6-15;/h5-10,13H,2-4,11-12H2,1H3,(H,27,30);1H. The minimum atomic E-state index is -0.204. The summed E-state index contributed by atoms with van der Waals surface area (Å²) in [4.78, 5) is 13.1. The predicted molar refractivity (Wildman–Crippen MR) is 137 cm³/mol. The molecule has 1 saturated heterocycles. The third-order valence-corrected chi connectivity index (χ3v) is 6.47. The number of hydrogen-bond acceptors (Lipinski definition) is 3. The highest BCUT2D eigenvalue weighted by Crippen LogP contribution is 2.33. The number of carbonyl (C=O) groups is 1. The third-order valence-electron chi connectivity index (χ3n) is 5.21. The van der Waals surface area contributed by atoms with Crippen molar-refractivity contribution in [1.82, 2.24) is 20.2 Å². The Labute approximate surface area is 211 Å². The fourth-order valence-electron chi connectivity index (χ4n) is 3.69. The maximum atomic E-state index is 13.1. The molecule has 5 nitrogen and oxygen atoms in total. The van der Waals surface area contributed by atoms with Crippen LogP contribution in [0.15, 0.2) is 42.5 Å². The monoisotopic (exact) mass is 590 g/mol. The van der Waals surface area contributed by atoms with Gasteiger partial charge in [-0.25, -0.2) is 9.69 Å². The molecule has 0 saturated carbocycles. The summed E-state index contributed by atoms with van der Waals surface area (Å²) in [5.41, 5.74) is 6.68. The van der Waals surface area contributed by atoms with Crippen LogP contribution in [0.1, 0.15) is 35.3 Å². The number of nitrogens with one attached hydrogen (secondary N) is 1. The van der Waals surface area contributed by atoms with Crippen molar-refractivity contribution in [1.29, 1.82) is 0 Å². The maximum Gasteiger partial charge on any atom is 0.286 e. The molecule has 0 unspecified atom stereocenters. The Morgan fingerprint density at radius 2 is 1.74 bits per heavy atom. The topological polar surface area (TPSA) is 50.2 Å². The Morgan fingerprint density at radius 3 is 2.39 bits per heavy atom. The van der Waals surface area contributed by atoms with Gasteiger partial charge in [-0.2, -0.15) is 5.10 Å². The lowest BCUT2D eigenvalue weighted by Gasteiger charge is -2.26. The number of hydrogen-bond donors (Lipinski definition) is 1. The quantitative estimate of drug-likeness (QED) is 0.362. The Morgan fingerprint density at radius 1 is 1.06 bits per heavy atom. The van der Waals surface area contributed by atoms with Gasteiger partial charge in [0, 0.05) is 32.8 Å². The molecule has 1 aromatic heterocycles. The molecule has 1 aliphatic heterocycles. The van der Waals surface area contributed by atoms with Crippen molar-refractivity contribution < 1.29 is 4.79 Å². The predicted octanol–water partition coefficient (Wildman–Crippen LogP) is 6.31. The fraction of sp³-hybridized carbons (Fsp3) is 0.273. The van der Waals surface area contributed by atoms with Gasteiger partial charge >= 0.3 is 0 Å². The second kappa shape index (κ2) is 10.5. The van der Waals surface area contributed by atoms with Crippen molar-refractivity contribution in [3.63, 3.8) is 0 Å². The first-order chi connectivity index (χ1) is 14.4. The average molecular weight is 592 g/mol. The number of amides is 1. The van der Waals surface area contributed by atoms with Gasteiger partial charge in [-0.05, 0) is 72.7 Å². The first kappa shape index (κ1) is 24.3. The van der Waals surface area contributed by atoms with Gasteiger partial charge in [-0.15, -0.1) is 12.4 Å². The van der Waals surface area contributed by atoms with Crippen LogP contribution < -0.4 is 5.43 Å². The summed E-state index contributed by atoms with van der Waals surface area (Å²) in [5.74, 6) is -0.204. The van der Waals surface area contributed by atoms with Gasteiger partial charge in [0.15, 0.2) is 5.69 Å². The van der Waals surface area contributed by atoms with E-state index in [1.54, 1.807) is 16.8 Å². The van der Waals surface area contributed by atoms with Gasteiger partial charge in [0.25, 0.3) is 5.91 Å². The number of piperidine rings is 1. The van der Waals surface area contributed by atoms with E-state index in [0.717, 1.165) is 46.3 Å². The number of nitrogens with zero attached hydrogens (tertiary/aromatic N) is 3. The van der Waals surface area contributed by atoms with Crippen molar-refractivity contribution in [3.8, 4) is 16.9 Å². The molecule has 1 aliphatic rings. The fourth-order valence-corrected chi connectivity index (χ4v) is 4.54. The molecular formula is C22H22Cl3IN4O. The van der Waals surface area contributed by atoms with Crippen molar-refractivity contribution in [3.05, 3.63) is 67.3 Å². The Kier molecular flexibility index (Phi) is 8.26. The number of rotatable bonds is 4. The molecule has 3 aromatic rings. The number of carbonyl (C=O) groups excluding carboxylic acids is 1. The molecule has 0 aliphatic carbocycles. The van der Waals surface area contributed by atoms with Crippen LogP contribution in [0.3, 0.4) is 0 Å². The van der Waals surface area contributed by atoms with Crippen LogP contribution in [0.25, 0.3) is 16.9 Å². The molecule has 1 fully saturated rings. The maximum absolute atomic E-state index is 13.1. The van der Waals surface area contributed by atoms with Crippen LogP contribution in [0.4, 0.5) is 0 Å². The van der Waals surface area contributed by atoms with Crippen LogP contribution in [0, 0.1) is 10.5 Å². The summed E-state index contributed by atoms with van der Waals surface area (Å²) in [5, 5.41) is 7.68. The van der Waals surface area contributed by atoms with E-state index in [1.807, 2.05) is 42.3 Å². The molecule has 4 rings (SSSR count). The zero-order chi connectivity index (χ0) is 21.3. The zero-order valence-corrected chi connectivity index (χ0v) is 21.4. The van der Waals surface area contributed by atoms with Crippen molar-refractivity contribution in [2.45, 2.75) is 26.2 Å². The third kappa shape index (κ3) is 5.37. The van der Waals surface area contributed by atoms with Gasteiger partial charge in [-0.1, -0.05) is 41.8 Å². The summed E-state index contributed by atoms with van der Waals surface area (Å²) < 4.78 is 2.87. The minimum absolute atomic E-state index is 0. The number of benzene rings is 2. The highest BCUT2D eigenvalue weighted by molar-refractivity contribution is 14.1. The van der Waals surface area contributed by atoms with Gasteiger partial charge in [0.1, 0.15) is 0 Å². The first-order valence-corrected chi connectivity index (χ1v) is 11.6. The number of halogens is 4. The van der Waals surface area contributed by atoms with Crippen molar-refractivity contribution in [2.24, 2.45) is 0 Å². The highest BCUT2D eigenvalue weighted by Gasteiger charge is 2.24. The first-order valence-electron chi connectivity index (χ1n) is 9.81. The van der Waals surface area contributed by atoms with E-state index in [9.17, 15) is 4.79 Å². The average Bonchev–Trinajstić information content (AvgIpc) is 3.06. The van der Waals surface area contributed by atoms with E-state index in [-0.39, 0.29) is 18.3 Å². The molecule has 2 aromatic carbocycles.